The molecule has 2 saturated carbocycles. The second kappa shape index (κ2) is 7.03. The molecule has 0 amide bonds. The van der Waals surface area contributed by atoms with E-state index >= 15 is 0 Å². The lowest BCUT2D eigenvalue weighted by Crippen LogP contribution is -2.61. The normalized spacial score (nSPS) is 25.0. The van der Waals surface area contributed by atoms with Crippen LogP contribution in [0.3, 0.4) is 0 Å². The van der Waals surface area contributed by atoms with E-state index in [-0.39, 0.29) is 25.7 Å². The van der Waals surface area contributed by atoms with E-state index in [1.807, 2.05) is 0 Å². The Labute approximate surface area is 145 Å². The smallest absolute Gasteiger partial charge is 0.379 e. The van der Waals surface area contributed by atoms with Gasteiger partial charge in [0.05, 0.1) is 0 Å². The van der Waals surface area contributed by atoms with Crippen molar-refractivity contribution in [3.05, 3.63) is 0 Å². The molecular formula is C16H26F6O2Si. The summed E-state index contributed by atoms with van der Waals surface area (Å²) in [6, 6.07) is 0. The average molecular weight is 392 g/mol. The predicted molar refractivity (Wildman–Crippen MR) is 83.4 cm³/mol. The molecule has 0 aromatic carbocycles. The van der Waals surface area contributed by atoms with Crippen LogP contribution in [0, 0.1) is 0 Å². The van der Waals surface area contributed by atoms with Crippen LogP contribution in [0.2, 0.25) is 13.1 Å². The van der Waals surface area contributed by atoms with Crippen LogP contribution in [0.5, 0.6) is 0 Å². The Bertz CT molecular complexity index is 409. The Morgan fingerprint density at radius 1 is 0.600 bits per heavy atom. The summed E-state index contributed by atoms with van der Waals surface area (Å²) in [5, 5.41) is 0. The molecule has 0 saturated heterocycles. The highest BCUT2D eigenvalue weighted by molar-refractivity contribution is 6.64. The first-order valence-electron chi connectivity index (χ1n) is 8.86. The molecule has 0 heterocycles. The van der Waals surface area contributed by atoms with Gasteiger partial charge in [0.1, 0.15) is 0 Å². The van der Waals surface area contributed by atoms with E-state index in [9.17, 15) is 26.3 Å². The van der Waals surface area contributed by atoms with Crippen LogP contribution in [0.1, 0.15) is 64.2 Å². The van der Waals surface area contributed by atoms with Gasteiger partial charge in [-0.15, -0.1) is 0 Å². The highest BCUT2D eigenvalue weighted by Crippen LogP contribution is 2.49. The first-order chi connectivity index (χ1) is 11.3. The van der Waals surface area contributed by atoms with Crippen molar-refractivity contribution in [2.75, 3.05) is 0 Å². The first-order valence-corrected chi connectivity index (χ1v) is 11.7. The number of hydrogen-bond acceptors (Lipinski definition) is 2. The topological polar surface area (TPSA) is 18.5 Å². The lowest BCUT2D eigenvalue weighted by atomic mass is 9.84. The third-order valence-electron chi connectivity index (χ3n) is 5.24. The molecule has 0 N–H and O–H groups in total. The van der Waals surface area contributed by atoms with Crippen molar-refractivity contribution in [3.8, 4) is 0 Å². The van der Waals surface area contributed by atoms with Crippen LogP contribution < -0.4 is 0 Å². The van der Waals surface area contributed by atoms with E-state index < -0.39 is 32.1 Å². The largest absolute Gasteiger partial charge is 0.416 e. The maximum atomic E-state index is 13.7. The molecule has 2 aliphatic carbocycles. The van der Waals surface area contributed by atoms with Gasteiger partial charge in [0.25, 0.3) is 0 Å². The number of alkyl halides is 6. The summed E-state index contributed by atoms with van der Waals surface area (Å²) in [6.07, 6.45) is -7.30. The van der Waals surface area contributed by atoms with Crippen LogP contribution >= 0.6 is 0 Å². The molecule has 0 aromatic heterocycles. The Morgan fingerprint density at radius 3 is 1.12 bits per heavy atom. The number of rotatable bonds is 4. The summed E-state index contributed by atoms with van der Waals surface area (Å²) in [5.74, 6) is 0. The number of hydrogen-bond donors (Lipinski definition) is 0. The van der Waals surface area contributed by atoms with Crippen LogP contribution in [0.4, 0.5) is 26.3 Å². The van der Waals surface area contributed by atoms with E-state index in [1.165, 1.54) is 13.1 Å². The zero-order chi connectivity index (χ0) is 19.0. The molecule has 2 fully saturated rings. The Morgan fingerprint density at radius 2 is 0.880 bits per heavy atom. The first kappa shape index (κ1) is 21.0. The minimum atomic E-state index is -4.61. The molecule has 0 unspecified atom stereocenters. The fourth-order valence-corrected chi connectivity index (χ4v) is 6.66. The maximum absolute atomic E-state index is 13.7. The summed E-state index contributed by atoms with van der Waals surface area (Å²) >= 11 is 0. The van der Waals surface area contributed by atoms with Crippen molar-refractivity contribution in [3.63, 3.8) is 0 Å². The SMILES string of the molecule is C[Si](C)(OC1(C(F)(F)F)CCCCC1)OC1(C(F)(F)F)CCCCC1. The predicted octanol–water partition coefficient (Wildman–Crippen LogP) is 6.25. The van der Waals surface area contributed by atoms with Crippen LogP contribution in [0.15, 0.2) is 0 Å². The molecule has 2 nitrogen and oxygen atoms in total. The summed E-state index contributed by atoms with van der Waals surface area (Å²) in [7, 11) is -3.68. The van der Waals surface area contributed by atoms with Gasteiger partial charge in [0.2, 0.25) is 0 Å². The maximum Gasteiger partial charge on any atom is 0.416 e. The molecule has 9 heteroatoms. The lowest BCUT2D eigenvalue weighted by molar-refractivity contribution is -0.286. The van der Waals surface area contributed by atoms with Crippen molar-refractivity contribution < 1.29 is 35.2 Å². The lowest BCUT2D eigenvalue weighted by Gasteiger charge is -2.48. The van der Waals surface area contributed by atoms with Crippen molar-refractivity contribution in [2.24, 2.45) is 0 Å². The minimum absolute atomic E-state index is 0.213. The van der Waals surface area contributed by atoms with Gasteiger partial charge in [-0.25, -0.2) is 0 Å². The van der Waals surface area contributed by atoms with Gasteiger partial charge in [0, 0.05) is 0 Å². The van der Waals surface area contributed by atoms with Gasteiger partial charge in [-0.1, -0.05) is 38.5 Å². The van der Waals surface area contributed by atoms with Crippen LogP contribution in [-0.4, -0.2) is 32.1 Å². The van der Waals surface area contributed by atoms with E-state index in [0.29, 0.717) is 38.5 Å². The van der Waals surface area contributed by atoms with Crippen molar-refractivity contribution in [1.82, 2.24) is 0 Å². The van der Waals surface area contributed by atoms with Gasteiger partial charge in [0.15, 0.2) is 11.2 Å². The number of halogens is 6. The average Bonchev–Trinajstić information content (AvgIpc) is 2.46. The summed E-state index contributed by atoms with van der Waals surface area (Å²) in [6.45, 7) is 2.61. The van der Waals surface area contributed by atoms with E-state index in [2.05, 4.69) is 0 Å². The molecule has 0 aliphatic heterocycles. The third kappa shape index (κ3) is 4.53. The summed E-state index contributed by atoms with van der Waals surface area (Å²) < 4.78 is 92.8. The quantitative estimate of drug-likeness (QED) is 0.416. The Hall–Kier alpha value is -0.283. The zero-order valence-corrected chi connectivity index (χ0v) is 15.7. The molecule has 0 aromatic rings. The van der Waals surface area contributed by atoms with Crippen LogP contribution in [-0.2, 0) is 8.85 Å². The molecule has 0 bridgehead atoms. The fourth-order valence-electron chi connectivity index (χ4n) is 4.09. The van der Waals surface area contributed by atoms with Crippen molar-refractivity contribution >= 4 is 8.56 Å². The molecule has 0 atom stereocenters. The van der Waals surface area contributed by atoms with Gasteiger partial charge in [-0.3, -0.25) is 0 Å². The van der Waals surface area contributed by atoms with E-state index in [1.54, 1.807) is 0 Å². The van der Waals surface area contributed by atoms with E-state index in [0.717, 1.165) is 0 Å². The summed E-state index contributed by atoms with van der Waals surface area (Å²) in [5.41, 5.74) is -4.75. The fraction of sp³-hybridized carbons (Fsp3) is 1.00. The molecule has 2 aliphatic rings. The van der Waals surface area contributed by atoms with Crippen LogP contribution in [0.25, 0.3) is 0 Å². The Kier molecular flexibility index (Phi) is 5.91. The minimum Gasteiger partial charge on any atom is -0.379 e. The van der Waals surface area contributed by atoms with Gasteiger partial charge < -0.3 is 8.85 Å². The van der Waals surface area contributed by atoms with Gasteiger partial charge in [-0.05, 0) is 38.8 Å². The third-order valence-corrected chi connectivity index (χ3v) is 7.00. The molecule has 2 rings (SSSR count). The molecular weight excluding hydrogens is 366 g/mol. The highest BCUT2D eigenvalue weighted by atomic mass is 28.4. The second-order valence-corrected chi connectivity index (χ2v) is 10.9. The molecule has 148 valence electrons. The van der Waals surface area contributed by atoms with Gasteiger partial charge in [-0.2, -0.15) is 26.3 Å². The highest BCUT2D eigenvalue weighted by Gasteiger charge is 2.62. The monoisotopic (exact) mass is 392 g/mol. The molecule has 0 radical (unpaired) electrons. The zero-order valence-electron chi connectivity index (χ0n) is 14.7. The van der Waals surface area contributed by atoms with Crippen molar-refractivity contribution in [2.45, 2.75) is 101 Å². The Balaban J connectivity index is 2.24. The summed E-state index contributed by atoms with van der Waals surface area (Å²) in [4.78, 5) is 0. The molecule has 25 heavy (non-hydrogen) atoms. The van der Waals surface area contributed by atoms with Crippen molar-refractivity contribution in [1.29, 1.82) is 0 Å². The molecule has 0 spiro atoms. The van der Waals surface area contributed by atoms with E-state index in [4.69, 9.17) is 8.85 Å². The second-order valence-electron chi connectivity index (χ2n) is 7.71. The van der Waals surface area contributed by atoms with Gasteiger partial charge >= 0.3 is 20.9 Å². The standard InChI is InChI=1S/C16H26F6O2Si/c1-25(2,23-13(15(17,18)19)9-5-3-6-10-13)24-14(16(20,21)22)11-7-4-8-12-14/h3-12H2,1-2H3.